The number of halogens is 2. The van der Waals surface area contributed by atoms with E-state index in [-0.39, 0.29) is 10.7 Å². The van der Waals surface area contributed by atoms with Crippen molar-refractivity contribution in [2.24, 2.45) is 0 Å². The molecule has 1 atom stereocenters. The van der Waals surface area contributed by atoms with Crippen LogP contribution in [0.2, 0.25) is 5.02 Å². The molecule has 98 valence electrons. The van der Waals surface area contributed by atoms with Crippen molar-refractivity contribution in [1.82, 2.24) is 5.32 Å². The molecule has 1 aromatic carbocycles. The fraction of sp³-hybridized carbons (Fsp3) is 0.462. The first kappa shape index (κ1) is 14.2. The van der Waals surface area contributed by atoms with Crippen LogP contribution >= 0.6 is 39.3 Å². The van der Waals surface area contributed by atoms with E-state index in [0.29, 0.717) is 17.1 Å². The number of carbonyl (C=O) groups excluding carboxylic acids is 1. The molecule has 1 amide bonds. The zero-order chi connectivity index (χ0) is 13.2. The van der Waals surface area contributed by atoms with Gasteiger partial charge in [0, 0.05) is 21.3 Å². The lowest BCUT2D eigenvalue weighted by Gasteiger charge is -2.22. The van der Waals surface area contributed by atoms with Gasteiger partial charge in [-0.05, 0) is 59.6 Å². The summed E-state index contributed by atoms with van der Waals surface area (Å²) in [7, 11) is 0. The Balaban J connectivity index is 1.97. The number of rotatable bonds is 3. The highest BCUT2D eigenvalue weighted by molar-refractivity contribution is 9.10. The Morgan fingerprint density at radius 2 is 2.39 bits per heavy atom. The average Bonchev–Trinajstić information content (AvgIpc) is 2.77. The summed E-state index contributed by atoms with van der Waals surface area (Å²) in [5, 5.41) is 3.55. The van der Waals surface area contributed by atoms with Crippen LogP contribution in [0.1, 0.15) is 30.1 Å². The largest absolute Gasteiger partial charge is 0.351 e. The van der Waals surface area contributed by atoms with Gasteiger partial charge in [0.2, 0.25) is 0 Å². The summed E-state index contributed by atoms with van der Waals surface area (Å²) in [6.45, 7) is 2.92. The smallest absolute Gasteiger partial charge is 0.251 e. The SMILES string of the molecule is CC1(CNC(=O)c2ccc(Br)c(Cl)c2)CCCS1. The van der Waals surface area contributed by atoms with Crippen LogP contribution in [0, 0.1) is 0 Å². The number of benzene rings is 1. The second-order valence-electron chi connectivity index (χ2n) is 4.71. The summed E-state index contributed by atoms with van der Waals surface area (Å²) in [6.07, 6.45) is 2.40. The highest BCUT2D eigenvalue weighted by Crippen LogP contribution is 2.37. The second-order valence-corrected chi connectivity index (χ2v) is 7.66. The molecule has 0 saturated carbocycles. The Kier molecular flexibility index (Phi) is 4.62. The molecule has 1 unspecified atom stereocenters. The molecule has 0 radical (unpaired) electrons. The normalized spacial score (nSPS) is 23.1. The van der Waals surface area contributed by atoms with Gasteiger partial charge in [-0.25, -0.2) is 0 Å². The number of nitrogens with one attached hydrogen (secondary N) is 1. The van der Waals surface area contributed by atoms with Crippen LogP contribution in [0.25, 0.3) is 0 Å². The van der Waals surface area contributed by atoms with E-state index in [2.05, 4.69) is 28.2 Å². The van der Waals surface area contributed by atoms with Crippen molar-refractivity contribution in [2.75, 3.05) is 12.3 Å². The highest BCUT2D eigenvalue weighted by Gasteiger charge is 2.29. The molecule has 1 saturated heterocycles. The molecule has 1 aromatic rings. The molecule has 0 aromatic heterocycles. The van der Waals surface area contributed by atoms with Gasteiger partial charge in [0.1, 0.15) is 0 Å². The molecule has 1 N–H and O–H groups in total. The maximum Gasteiger partial charge on any atom is 0.251 e. The lowest BCUT2D eigenvalue weighted by atomic mass is 10.1. The molecule has 1 aliphatic heterocycles. The monoisotopic (exact) mass is 347 g/mol. The van der Waals surface area contributed by atoms with Crippen molar-refractivity contribution in [1.29, 1.82) is 0 Å². The number of amides is 1. The van der Waals surface area contributed by atoms with Crippen molar-refractivity contribution in [2.45, 2.75) is 24.5 Å². The van der Waals surface area contributed by atoms with Crippen LogP contribution in [-0.2, 0) is 0 Å². The molecule has 18 heavy (non-hydrogen) atoms. The van der Waals surface area contributed by atoms with Crippen LogP contribution in [0.15, 0.2) is 22.7 Å². The molecule has 5 heteroatoms. The fourth-order valence-electron chi connectivity index (χ4n) is 1.98. The maximum atomic E-state index is 12.0. The quantitative estimate of drug-likeness (QED) is 0.890. The van der Waals surface area contributed by atoms with Gasteiger partial charge in [0.25, 0.3) is 5.91 Å². The first-order chi connectivity index (χ1) is 8.50. The summed E-state index contributed by atoms with van der Waals surface area (Å²) in [5.41, 5.74) is 0.606. The number of carbonyl (C=O) groups is 1. The summed E-state index contributed by atoms with van der Waals surface area (Å²) in [4.78, 5) is 12.0. The predicted molar refractivity (Wildman–Crippen MR) is 81.6 cm³/mol. The molecule has 1 heterocycles. The van der Waals surface area contributed by atoms with Gasteiger partial charge in [0.15, 0.2) is 0 Å². The maximum absolute atomic E-state index is 12.0. The highest BCUT2D eigenvalue weighted by atomic mass is 79.9. The van der Waals surface area contributed by atoms with Crippen molar-refractivity contribution >= 4 is 45.2 Å². The van der Waals surface area contributed by atoms with Gasteiger partial charge in [0.05, 0.1) is 5.02 Å². The van der Waals surface area contributed by atoms with Crippen molar-refractivity contribution in [3.8, 4) is 0 Å². The fourth-order valence-corrected chi connectivity index (χ4v) is 3.65. The molecule has 1 fully saturated rings. The number of thioether (sulfide) groups is 1. The Bertz CT molecular complexity index is 460. The summed E-state index contributed by atoms with van der Waals surface area (Å²) in [5.74, 6) is 1.13. The van der Waals surface area contributed by atoms with E-state index in [1.165, 1.54) is 18.6 Å². The van der Waals surface area contributed by atoms with E-state index in [1.807, 2.05) is 11.8 Å². The zero-order valence-electron chi connectivity index (χ0n) is 10.1. The molecule has 0 bridgehead atoms. The van der Waals surface area contributed by atoms with E-state index >= 15 is 0 Å². The van der Waals surface area contributed by atoms with Crippen molar-refractivity contribution in [3.63, 3.8) is 0 Å². The first-order valence-electron chi connectivity index (χ1n) is 5.87. The van der Waals surface area contributed by atoms with E-state index in [1.54, 1.807) is 18.2 Å². The number of hydrogen-bond acceptors (Lipinski definition) is 2. The molecule has 0 spiro atoms. The Labute approximate surface area is 125 Å². The third kappa shape index (κ3) is 3.43. The summed E-state index contributed by atoms with van der Waals surface area (Å²) in [6, 6.07) is 5.25. The Morgan fingerprint density at radius 3 is 3.00 bits per heavy atom. The Hall–Kier alpha value is -0.190. The van der Waals surface area contributed by atoms with Gasteiger partial charge < -0.3 is 5.32 Å². The molecular weight excluding hydrogens is 334 g/mol. The summed E-state index contributed by atoms with van der Waals surface area (Å²) < 4.78 is 0.994. The first-order valence-corrected chi connectivity index (χ1v) is 8.03. The zero-order valence-corrected chi connectivity index (χ0v) is 13.3. The predicted octanol–water partition coefficient (Wildman–Crippen LogP) is 4.12. The van der Waals surface area contributed by atoms with Crippen LogP contribution in [-0.4, -0.2) is 23.0 Å². The molecular formula is C13H15BrClNOS. The van der Waals surface area contributed by atoms with Crippen LogP contribution in [0.3, 0.4) is 0 Å². The lowest BCUT2D eigenvalue weighted by Crippen LogP contribution is -2.36. The molecule has 2 rings (SSSR count). The standard InChI is InChI=1S/C13H15BrClNOS/c1-13(5-2-6-18-13)8-16-12(17)9-3-4-10(14)11(15)7-9/h3-4,7H,2,5-6,8H2,1H3,(H,16,17). The Morgan fingerprint density at radius 1 is 1.61 bits per heavy atom. The minimum absolute atomic E-state index is 0.0573. The average molecular weight is 349 g/mol. The van der Waals surface area contributed by atoms with E-state index < -0.39 is 0 Å². The topological polar surface area (TPSA) is 29.1 Å². The van der Waals surface area contributed by atoms with E-state index in [0.717, 1.165) is 4.47 Å². The molecule has 1 aliphatic rings. The van der Waals surface area contributed by atoms with Gasteiger partial charge in [-0.3, -0.25) is 4.79 Å². The van der Waals surface area contributed by atoms with Crippen molar-refractivity contribution < 1.29 is 4.79 Å². The van der Waals surface area contributed by atoms with Gasteiger partial charge >= 0.3 is 0 Å². The van der Waals surface area contributed by atoms with Crippen LogP contribution in [0.5, 0.6) is 0 Å². The third-order valence-corrected chi connectivity index (χ3v) is 5.88. The van der Waals surface area contributed by atoms with Gasteiger partial charge in [-0.1, -0.05) is 11.6 Å². The van der Waals surface area contributed by atoms with Gasteiger partial charge in [-0.2, -0.15) is 11.8 Å². The lowest BCUT2D eigenvalue weighted by molar-refractivity contribution is 0.0950. The van der Waals surface area contributed by atoms with Crippen LogP contribution in [0.4, 0.5) is 0 Å². The van der Waals surface area contributed by atoms with Crippen molar-refractivity contribution in [3.05, 3.63) is 33.3 Å². The van der Waals surface area contributed by atoms with E-state index in [4.69, 9.17) is 11.6 Å². The second kappa shape index (κ2) is 5.85. The molecule has 0 aliphatic carbocycles. The van der Waals surface area contributed by atoms with Gasteiger partial charge in [-0.15, -0.1) is 0 Å². The summed E-state index contributed by atoms with van der Waals surface area (Å²) >= 11 is 11.2. The third-order valence-electron chi connectivity index (χ3n) is 3.11. The molecule has 2 nitrogen and oxygen atoms in total. The van der Waals surface area contributed by atoms with E-state index in [9.17, 15) is 4.79 Å². The van der Waals surface area contributed by atoms with Crippen LogP contribution < -0.4 is 5.32 Å². The number of hydrogen-bond donors (Lipinski definition) is 1. The minimum Gasteiger partial charge on any atom is -0.351 e. The minimum atomic E-state index is -0.0573.